The Morgan fingerprint density at radius 1 is 1.29 bits per heavy atom. The van der Waals surface area contributed by atoms with Gasteiger partial charge in [-0.05, 0) is 13.0 Å². The molecule has 0 saturated heterocycles. The van der Waals surface area contributed by atoms with Crippen LogP contribution in [-0.2, 0) is 0 Å². The minimum atomic E-state index is 0.121. The Morgan fingerprint density at radius 2 is 2.07 bits per heavy atom. The zero-order valence-corrected chi connectivity index (χ0v) is 8.11. The third-order valence-electron chi connectivity index (χ3n) is 2.12. The van der Waals surface area contributed by atoms with Crippen molar-refractivity contribution in [3.63, 3.8) is 0 Å². The predicted octanol–water partition coefficient (Wildman–Crippen LogP) is 2.66. The normalized spacial score (nSPS) is 10.4. The van der Waals surface area contributed by atoms with E-state index in [0.717, 1.165) is 11.1 Å². The second kappa shape index (κ2) is 3.18. The van der Waals surface area contributed by atoms with Crippen LogP contribution >= 0.6 is 0 Å². The molecule has 0 aliphatic heterocycles. The molecule has 0 radical (unpaired) electrons. The second-order valence-corrected chi connectivity index (χ2v) is 3.31. The van der Waals surface area contributed by atoms with Crippen LogP contribution in [0.5, 0.6) is 5.75 Å². The van der Waals surface area contributed by atoms with Crippen LogP contribution in [0.3, 0.4) is 0 Å². The van der Waals surface area contributed by atoms with Gasteiger partial charge in [-0.15, -0.1) is 0 Å². The summed E-state index contributed by atoms with van der Waals surface area (Å²) in [5.74, 6) is 0.567. The molecule has 1 aromatic carbocycles. The maximum Gasteiger partial charge on any atom is 0.186 e. The number of rotatable bonds is 1. The summed E-state index contributed by atoms with van der Waals surface area (Å²) in [7, 11) is 0. The summed E-state index contributed by atoms with van der Waals surface area (Å²) in [4.78, 5) is 0. The van der Waals surface area contributed by atoms with E-state index in [9.17, 15) is 5.11 Å². The van der Waals surface area contributed by atoms with Gasteiger partial charge in [0.2, 0.25) is 0 Å². The smallest absolute Gasteiger partial charge is 0.186 e. The summed E-state index contributed by atoms with van der Waals surface area (Å²) in [6.45, 7) is 3.68. The minimum absolute atomic E-state index is 0.121. The molecule has 3 heteroatoms. The molecule has 1 aromatic heterocycles. The minimum Gasteiger partial charge on any atom is -0.503 e. The van der Waals surface area contributed by atoms with Gasteiger partial charge in [0.25, 0.3) is 0 Å². The van der Waals surface area contributed by atoms with E-state index in [1.54, 1.807) is 6.92 Å². The Morgan fingerprint density at radius 3 is 2.64 bits per heavy atom. The van der Waals surface area contributed by atoms with Gasteiger partial charge in [0, 0.05) is 12.5 Å². The van der Waals surface area contributed by atoms with Crippen LogP contribution in [0.4, 0.5) is 0 Å². The number of nitrogens with zero attached hydrogens (tertiary/aromatic N) is 1. The SMILES string of the molecule is Cc1cccc(-c2noc(C)c2O)c1. The number of aromatic hydroxyl groups is 1. The van der Waals surface area contributed by atoms with Gasteiger partial charge in [0.1, 0.15) is 0 Å². The van der Waals surface area contributed by atoms with Gasteiger partial charge in [0.05, 0.1) is 0 Å². The highest BCUT2D eigenvalue weighted by atomic mass is 16.5. The van der Waals surface area contributed by atoms with Crippen LogP contribution < -0.4 is 0 Å². The molecule has 3 nitrogen and oxygen atoms in total. The zero-order chi connectivity index (χ0) is 10.1. The van der Waals surface area contributed by atoms with Crippen LogP contribution in [0.2, 0.25) is 0 Å². The molecular formula is C11H11NO2. The van der Waals surface area contributed by atoms with Crippen molar-refractivity contribution >= 4 is 0 Å². The molecule has 2 aromatic rings. The summed E-state index contributed by atoms with van der Waals surface area (Å²) in [6.07, 6.45) is 0. The van der Waals surface area contributed by atoms with E-state index in [4.69, 9.17) is 4.52 Å². The van der Waals surface area contributed by atoms with Crippen molar-refractivity contribution in [2.45, 2.75) is 13.8 Å². The first kappa shape index (κ1) is 8.81. The molecule has 0 unspecified atom stereocenters. The van der Waals surface area contributed by atoms with Gasteiger partial charge in [0.15, 0.2) is 17.2 Å². The lowest BCUT2D eigenvalue weighted by atomic mass is 10.1. The maximum absolute atomic E-state index is 9.63. The van der Waals surface area contributed by atoms with Crippen LogP contribution in [0.25, 0.3) is 11.3 Å². The van der Waals surface area contributed by atoms with Crippen LogP contribution in [0, 0.1) is 13.8 Å². The number of aryl methyl sites for hydroxylation is 2. The lowest BCUT2D eigenvalue weighted by Crippen LogP contribution is -1.79. The van der Waals surface area contributed by atoms with E-state index in [0.29, 0.717) is 11.5 Å². The number of benzene rings is 1. The first-order valence-electron chi connectivity index (χ1n) is 4.41. The Labute approximate surface area is 82.0 Å². The molecule has 0 amide bonds. The molecule has 0 aliphatic rings. The Balaban J connectivity index is 2.55. The monoisotopic (exact) mass is 189 g/mol. The maximum atomic E-state index is 9.63. The molecule has 0 atom stereocenters. The lowest BCUT2D eigenvalue weighted by Gasteiger charge is -1.97. The van der Waals surface area contributed by atoms with E-state index in [1.165, 1.54) is 0 Å². The Kier molecular flexibility index (Phi) is 2.00. The second-order valence-electron chi connectivity index (χ2n) is 3.31. The van der Waals surface area contributed by atoms with Crippen molar-refractivity contribution < 1.29 is 9.63 Å². The summed E-state index contributed by atoms with van der Waals surface area (Å²) >= 11 is 0. The fourth-order valence-electron chi connectivity index (χ4n) is 1.35. The average molecular weight is 189 g/mol. The summed E-state index contributed by atoms with van der Waals surface area (Å²) in [5.41, 5.74) is 2.51. The highest BCUT2D eigenvalue weighted by molar-refractivity contribution is 5.66. The van der Waals surface area contributed by atoms with Crippen molar-refractivity contribution in [2.75, 3.05) is 0 Å². The fourth-order valence-corrected chi connectivity index (χ4v) is 1.35. The largest absolute Gasteiger partial charge is 0.503 e. The summed E-state index contributed by atoms with van der Waals surface area (Å²) < 4.78 is 4.89. The fraction of sp³-hybridized carbons (Fsp3) is 0.182. The number of aromatic nitrogens is 1. The van der Waals surface area contributed by atoms with Crippen molar-refractivity contribution in [3.8, 4) is 17.0 Å². The van der Waals surface area contributed by atoms with Crippen molar-refractivity contribution in [2.24, 2.45) is 0 Å². The molecule has 72 valence electrons. The van der Waals surface area contributed by atoms with E-state index >= 15 is 0 Å². The summed E-state index contributed by atoms with van der Waals surface area (Å²) in [6, 6.07) is 7.77. The highest BCUT2D eigenvalue weighted by Gasteiger charge is 2.12. The molecule has 0 bridgehead atoms. The topological polar surface area (TPSA) is 46.3 Å². The molecule has 2 rings (SSSR count). The molecule has 0 saturated carbocycles. The highest BCUT2D eigenvalue weighted by Crippen LogP contribution is 2.30. The average Bonchev–Trinajstić information content (AvgIpc) is 2.48. The quantitative estimate of drug-likeness (QED) is 0.750. The number of hydrogen-bond acceptors (Lipinski definition) is 3. The van der Waals surface area contributed by atoms with Crippen molar-refractivity contribution in [3.05, 3.63) is 35.6 Å². The first-order valence-corrected chi connectivity index (χ1v) is 4.41. The standard InChI is InChI=1S/C11H11NO2/c1-7-4-3-5-9(6-7)10-11(13)8(2)14-12-10/h3-6,13H,1-2H3. The molecule has 1 heterocycles. The van der Waals surface area contributed by atoms with Gasteiger partial charge in [-0.3, -0.25) is 0 Å². The lowest BCUT2D eigenvalue weighted by molar-refractivity contribution is 0.384. The molecule has 0 aliphatic carbocycles. The van der Waals surface area contributed by atoms with Gasteiger partial charge in [-0.1, -0.05) is 28.9 Å². The van der Waals surface area contributed by atoms with Gasteiger partial charge < -0.3 is 9.63 Å². The van der Waals surface area contributed by atoms with Gasteiger partial charge in [-0.2, -0.15) is 0 Å². The molecule has 0 fully saturated rings. The summed E-state index contributed by atoms with van der Waals surface area (Å²) in [5, 5.41) is 13.4. The van der Waals surface area contributed by atoms with E-state index in [-0.39, 0.29) is 5.75 Å². The van der Waals surface area contributed by atoms with Crippen LogP contribution in [-0.4, -0.2) is 10.3 Å². The molecule has 1 N–H and O–H groups in total. The molecule has 14 heavy (non-hydrogen) atoms. The van der Waals surface area contributed by atoms with E-state index in [1.807, 2.05) is 31.2 Å². The van der Waals surface area contributed by atoms with E-state index < -0.39 is 0 Å². The number of hydrogen-bond donors (Lipinski definition) is 1. The third kappa shape index (κ3) is 1.37. The van der Waals surface area contributed by atoms with Gasteiger partial charge >= 0.3 is 0 Å². The van der Waals surface area contributed by atoms with E-state index in [2.05, 4.69) is 5.16 Å². The van der Waals surface area contributed by atoms with Crippen molar-refractivity contribution in [1.82, 2.24) is 5.16 Å². The van der Waals surface area contributed by atoms with Crippen LogP contribution in [0.1, 0.15) is 11.3 Å². The van der Waals surface area contributed by atoms with Crippen LogP contribution in [0.15, 0.2) is 28.8 Å². The first-order chi connectivity index (χ1) is 6.68. The predicted molar refractivity (Wildman–Crippen MR) is 53.1 cm³/mol. The zero-order valence-electron chi connectivity index (χ0n) is 8.11. The molecule has 0 spiro atoms. The Hall–Kier alpha value is -1.77. The van der Waals surface area contributed by atoms with Gasteiger partial charge in [-0.25, -0.2) is 0 Å². The Bertz CT molecular complexity index is 460. The van der Waals surface area contributed by atoms with Crippen molar-refractivity contribution in [1.29, 1.82) is 0 Å². The molecular weight excluding hydrogens is 178 g/mol. The third-order valence-corrected chi connectivity index (χ3v) is 2.12.